The highest BCUT2D eigenvalue weighted by atomic mass is 16.3. The second-order valence-electron chi connectivity index (χ2n) is 7.21. The van der Waals surface area contributed by atoms with Crippen LogP contribution in [0.2, 0.25) is 0 Å². The molecule has 2 aromatic carbocycles. The van der Waals surface area contributed by atoms with E-state index in [1.807, 2.05) is 38.1 Å². The zero-order chi connectivity index (χ0) is 20.3. The minimum atomic E-state index is -0.880. The van der Waals surface area contributed by atoms with Crippen LogP contribution in [0, 0.1) is 0 Å². The van der Waals surface area contributed by atoms with E-state index < -0.39 is 11.7 Å². The van der Waals surface area contributed by atoms with Gasteiger partial charge < -0.3 is 15.5 Å². The Morgan fingerprint density at radius 1 is 1.14 bits per heavy atom. The van der Waals surface area contributed by atoms with Crippen LogP contribution >= 0.6 is 0 Å². The molecule has 3 rings (SSSR count). The Labute approximate surface area is 162 Å². The maximum absolute atomic E-state index is 12.3. The van der Waals surface area contributed by atoms with Crippen molar-refractivity contribution in [2.45, 2.75) is 25.8 Å². The molecule has 1 heterocycles. The van der Waals surface area contributed by atoms with Gasteiger partial charge in [-0.2, -0.15) is 5.10 Å². The van der Waals surface area contributed by atoms with Gasteiger partial charge in [0, 0.05) is 22.9 Å². The number of carbonyl (C=O) groups excluding carboxylic acids is 2. The molecular weight excluding hydrogens is 358 g/mol. The lowest BCUT2D eigenvalue weighted by Gasteiger charge is -2.35. The van der Waals surface area contributed by atoms with Crippen LogP contribution in [0.1, 0.15) is 30.5 Å². The Morgan fingerprint density at radius 3 is 2.64 bits per heavy atom. The summed E-state index contributed by atoms with van der Waals surface area (Å²) in [5.41, 5.74) is 4.97. The molecule has 2 aromatic rings. The van der Waals surface area contributed by atoms with Crippen LogP contribution in [-0.2, 0) is 16.0 Å². The van der Waals surface area contributed by atoms with Crippen molar-refractivity contribution in [2.24, 2.45) is 5.10 Å². The smallest absolute Gasteiger partial charge is 0.311 e. The third-order valence-electron chi connectivity index (χ3n) is 4.29. The first-order valence-electron chi connectivity index (χ1n) is 8.73. The van der Waals surface area contributed by atoms with Gasteiger partial charge in [-0.25, -0.2) is 5.43 Å². The van der Waals surface area contributed by atoms with E-state index in [4.69, 9.17) is 0 Å². The Bertz CT molecular complexity index is 993. The minimum Gasteiger partial charge on any atom is -0.504 e. The molecule has 7 nitrogen and oxygen atoms in total. The topological polar surface area (TPSA) is 111 Å². The van der Waals surface area contributed by atoms with Crippen molar-refractivity contribution in [3.8, 4) is 11.5 Å². The van der Waals surface area contributed by atoms with E-state index in [9.17, 15) is 19.8 Å². The minimum absolute atomic E-state index is 0.240. The molecule has 144 valence electrons. The molecule has 0 atom stereocenters. The average Bonchev–Trinajstić information content (AvgIpc) is 2.63. The van der Waals surface area contributed by atoms with Crippen LogP contribution in [0.25, 0.3) is 5.70 Å². The molecule has 1 aliphatic rings. The largest absolute Gasteiger partial charge is 0.504 e. The maximum atomic E-state index is 12.3. The van der Waals surface area contributed by atoms with Crippen molar-refractivity contribution in [3.63, 3.8) is 0 Å². The number of nitrogens with zero attached hydrogens (tertiary/aromatic N) is 1. The number of nitrogens with one attached hydrogen (secondary N) is 2. The Morgan fingerprint density at radius 2 is 1.89 bits per heavy atom. The summed E-state index contributed by atoms with van der Waals surface area (Å²) in [6.45, 7) is 4.05. The summed E-state index contributed by atoms with van der Waals surface area (Å²) < 4.78 is 0. The number of phenolic OH excluding ortho intramolecular Hbond substituents is 2. The van der Waals surface area contributed by atoms with Gasteiger partial charge in [0.25, 0.3) is 0 Å². The van der Waals surface area contributed by atoms with Crippen molar-refractivity contribution >= 4 is 23.6 Å². The zero-order valence-corrected chi connectivity index (χ0v) is 15.6. The average molecular weight is 379 g/mol. The van der Waals surface area contributed by atoms with E-state index >= 15 is 0 Å². The lowest BCUT2D eigenvalue weighted by atomic mass is 9.85. The molecule has 28 heavy (non-hydrogen) atoms. The standard InChI is InChI=1S/C21H21N3O4/c1-21(2)11-14-5-3-4-6-15(14)16(23-21)10-19(27)20(28)24-22-12-13-7-8-17(25)18(26)9-13/h3-10,12,23,25-26H,11H2,1-2H3,(H,24,28)/b16-10-,22-12+. The predicted octanol–water partition coefficient (Wildman–Crippen LogP) is 2.08. The van der Waals surface area contributed by atoms with Gasteiger partial charge in [-0.05, 0) is 49.6 Å². The summed E-state index contributed by atoms with van der Waals surface area (Å²) in [6, 6.07) is 11.8. The molecule has 0 aromatic heterocycles. The van der Waals surface area contributed by atoms with E-state index in [2.05, 4.69) is 15.8 Å². The number of ketones is 1. The van der Waals surface area contributed by atoms with Gasteiger partial charge in [-0.15, -0.1) is 0 Å². The highest BCUT2D eigenvalue weighted by Crippen LogP contribution is 2.29. The molecule has 7 heteroatoms. The summed E-state index contributed by atoms with van der Waals surface area (Å²) >= 11 is 0. The quantitative estimate of drug-likeness (QED) is 0.214. The van der Waals surface area contributed by atoms with Gasteiger partial charge in [-0.1, -0.05) is 24.3 Å². The molecule has 0 unspecified atom stereocenters. The van der Waals surface area contributed by atoms with Crippen LogP contribution in [0.5, 0.6) is 11.5 Å². The first kappa shape index (κ1) is 19.2. The number of fused-ring (bicyclic) bond motifs is 1. The van der Waals surface area contributed by atoms with Crippen LogP contribution in [-0.4, -0.2) is 33.7 Å². The first-order valence-corrected chi connectivity index (χ1v) is 8.73. The van der Waals surface area contributed by atoms with Gasteiger partial charge in [0.15, 0.2) is 11.5 Å². The third-order valence-corrected chi connectivity index (χ3v) is 4.29. The van der Waals surface area contributed by atoms with E-state index in [0.717, 1.165) is 17.5 Å². The fourth-order valence-corrected chi connectivity index (χ4v) is 3.04. The van der Waals surface area contributed by atoms with Crippen molar-refractivity contribution in [3.05, 3.63) is 65.2 Å². The number of aromatic hydroxyl groups is 2. The van der Waals surface area contributed by atoms with Crippen LogP contribution < -0.4 is 10.7 Å². The maximum Gasteiger partial charge on any atom is 0.311 e. The number of phenols is 2. The van der Waals surface area contributed by atoms with Gasteiger partial charge in [0.2, 0.25) is 5.78 Å². The van der Waals surface area contributed by atoms with Crippen LogP contribution in [0.15, 0.2) is 53.6 Å². The van der Waals surface area contributed by atoms with E-state index in [-0.39, 0.29) is 17.0 Å². The number of hydrazone groups is 1. The predicted molar refractivity (Wildman–Crippen MR) is 106 cm³/mol. The van der Waals surface area contributed by atoms with Crippen molar-refractivity contribution in [2.75, 3.05) is 0 Å². The lowest BCUT2D eigenvalue weighted by Crippen LogP contribution is -2.44. The molecule has 0 radical (unpaired) electrons. The molecule has 0 saturated carbocycles. The zero-order valence-electron chi connectivity index (χ0n) is 15.6. The number of hydrogen-bond donors (Lipinski definition) is 4. The second kappa shape index (κ2) is 7.56. The molecule has 1 aliphatic heterocycles. The Kier molecular flexibility index (Phi) is 5.17. The number of hydrogen-bond acceptors (Lipinski definition) is 6. The molecule has 0 fully saturated rings. The van der Waals surface area contributed by atoms with Gasteiger partial charge in [0.05, 0.1) is 6.21 Å². The van der Waals surface area contributed by atoms with Crippen molar-refractivity contribution in [1.29, 1.82) is 0 Å². The third kappa shape index (κ3) is 4.37. The Hall–Kier alpha value is -3.61. The Balaban J connectivity index is 1.72. The van der Waals surface area contributed by atoms with Gasteiger partial charge in [-0.3, -0.25) is 9.59 Å². The first-order chi connectivity index (χ1) is 13.2. The highest BCUT2D eigenvalue weighted by Gasteiger charge is 2.28. The summed E-state index contributed by atoms with van der Waals surface area (Å²) in [4.78, 5) is 24.4. The number of rotatable bonds is 4. The molecule has 1 amide bonds. The summed E-state index contributed by atoms with van der Waals surface area (Å²) in [5.74, 6) is -2.18. The molecule has 0 spiro atoms. The highest BCUT2D eigenvalue weighted by molar-refractivity contribution is 6.41. The van der Waals surface area contributed by atoms with E-state index in [1.165, 1.54) is 30.5 Å². The van der Waals surface area contributed by atoms with Crippen LogP contribution in [0.3, 0.4) is 0 Å². The van der Waals surface area contributed by atoms with Crippen molar-refractivity contribution in [1.82, 2.24) is 10.7 Å². The lowest BCUT2D eigenvalue weighted by molar-refractivity contribution is -0.135. The summed E-state index contributed by atoms with van der Waals surface area (Å²) in [5, 5.41) is 25.7. The molecular formula is C21H21N3O4. The fraction of sp³-hybridized carbons (Fsp3) is 0.190. The van der Waals surface area contributed by atoms with Gasteiger partial charge >= 0.3 is 5.91 Å². The fourth-order valence-electron chi connectivity index (χ4n) is 3.04. The normalized spacial score (nSPS) is 16.4. The van der Waals surface area contributed by atoms with E-state index in [0.29, 0.717) is 11.3 Å². The SMILES string of the molecule is CC1(C)Cc2ccccc2/C(=C/C(=O)C(=O)N/N=C/c2ccc(O)c(O)c2)N1. The summed E-state index contributed by atoms with van der Waals surface area (Å²) in [6.07, 6.45) is 3.34. The molecule has 4 N–H and O–H groups in total. The van der Waals surface area contributed by atoms with Crippen LogP contribution in [0.4, 0.5) is 0 Å². The molecule has 0 bridgehead atoms. The monoisotopic (exact) mass is 379 g/mol. The number of amides is 1. The van der Waals surface area contributed by atoms with E-state index in [1.54, 1.807) is 0 Å². The second-order valence-corrected chi connectivity index (χ2v) is 7.21. The summed E-state index contributed by atoms with van der Waals surface area (Å²) in [7, 11) is 0. The molecule has 0 aliphatic carbocycles. The van der Waals surface area contributed by atoms with Gasteiger partial charge in [0.1, 0.15) is 0 Å². The number of carbonyl (C=O) groups is 2. The molecule has 0 saturated heterocycles. The number of benzene rings is 2. The van der Waals surface area contributed by atoms with Crippen molar-refractivity contribution < 1.29 is 19.8 Å².